The van der Waals surface area contributed by atoms with Crippen molar-refractivity contribution in [3.05, 3.63) is 12.3 Å². The predicted octanol–water partition coefficient (Wildman–Crippen LogP) is 0.336. The van der Waals surface area contributed by atoms with Gasteiger partial charge in [0.1, 0.15) is 5.60 Å². The minimum Gasteiger partial charge on any atom is -0.380 e. The highest BCUT2D eigenvalue weighted by molar-refractivity contribution is 5.73. The zero-order valence-electron chi connectivity index (χ0n) is 4.13. The molecular weight excluding hydrogens is 90.1 g/mol. The van der Waals surface area contributed by atoms with Crippen LogP contribution in [0.4, 0.5) is 0 Å². The lowest BCUT2D eigenvalue weighted by atomic mass is 10.1. The van der Waals surface area contributed by atoms with Gasteiger partial charge < -0.3 is 5.11 Å². The second kappa shape index (κ2) is 1.17. The molecule has 0 saturated heterocycles. The molecule has 1 heterocycles. The van der Waals surface area contributed by atoms with E-state index in [2.05, 4.69) is 4.99 Å². The Hall–Kier alpha value is -0.630. The van der Waals surface area contributed by atoms with Gasteiger partial charge in [0, 0.05) is 12.4 Å². The Morgan fingerprint density at radius 3 is 2.57 bits per heavy atom. The van der Waals surface area contributed by atoms with Crippen molar-refractivity contribution in [3.8, 4) is 0 Å². The molecule has 1 aliphatic heterocycles. The van der Waals surface area contributed by atoms with Crippen molar-refractivity contribution >= 4 is 6.21 Å². The predicted molar refractivity (Wildman–Crippen MR) is 28.3 cm³/mol. The number of aliphatic imine (C=N–C) groups is 1. The molecule has 0 bridgehead atoms. The summed E-state index contributed by atoms with van der Waals surface area (Å²) in [5, 5.41) is 8.96. The van der Waals surface area contributed by atoms with Crippen LogP contribution in [-0.4, -0.2) is 16.9 Å². The standard InChI is InChI=1S/C5H7NO/c1-5(7)2-3-6-4-5/h2-4,7H,1H3. The monoisotopic (exact) mass is 97.1 g/mol. The van der Waals surface area contributed by atoms with E-state index in [-0.39, 0.29) is 0 Å². The lowest BCUT2D eigenvalue weighted by molar-refractivity contribution is 0.192. The van der Waals surface area contributed by atoms with E-state index in [0.29, 0.717) is 0 Å². The first-order valence-electron chi connectivity index (χ1n) is 2.15. The van der Waals surface area contributed by atoms with E-state index in [1.807, 2.05) is 0 Å². The Morgan fingerprint density at radius 1 is 1.71 bits per heavy atom. The van der Waals surface area contributed by atoms with Gasteiger partial charge in [-0.25, -0.2) is 0 Å². The van der Waals surface area contributed by atoms with Crippen molar-refractivity contribution in [2.24, 2.45) is 4.99 Å². The Bertz CT molecular complexity index is 110. The summed E-state index contributed by atoms with van der Waals surface area (Å²) in [6.07, 6.45) is 4.71. The summed E-state index contributed by atoms with van der Waals surface area (Å²) >= 11 is 0. The van der Waals surface area contributed by atoms with Gasteiger partial charge in [-0.1, -0.05) is 0 Å². The van der Waals surface area contributed by atoms with Gasteiger partial charge in [0.15, 0.2) is 0 Å². The van der Waals surface area contributed by atoms with Gasteiger partial charge in [0.2, 0.25) is 0 Å². The van der Waals surface area contributed by atoms with Gasteiger partial charge in [-0.3, -0.25) is 4.99 Å². The van der Waals surface area contributed by atoms with Gasteiger partial charge in [-0.2, -0.15) is 0 Å². The molecule has 2 nitrogen and oxygen atoms in total. The molecule has 0 fully saturated rings. The molecule has 1 aliphatic rings. The summed E-state index contributed by atoms with van der Waals surface area (Å²) < 4.78 is 0. The second-order valence-corrected chi connectivity index (χ2v) is 1.82. The van der Waals surface area contributed by atoms with E-state index >= 15 is 0 Å². The second-order valence-electron chi connectivity index (χ2n) is 1.82. The molecule has 0 aromatic carbocycles. The minimum absolute atomic E-state index is 0.778. The number of hydrogen-bond donors (Lipinski definition) is 1. The molecule has 1 N–H and O–H groups in total. The molecule has 0 saturated carbocycles. The van der Waals surface area contributed by atoms with Crippen LogP contribution in [0.25, 0.3) is 0 Å². The molecule has 0 radical (unpaired) electrons. The smallest absolute Gasteiger partial charge is 0.117 e. The molecule has 0 aliphatic carbocycles. The number of aliphatic hydroxyl groups is 1. The van der Waals surface area contributed by atoms with Crippen molar-refractivity contribution in [2.75, 3.05) is 0 Å². The van der Waals surface area contributed by atoms with Crippen molar-refractivity contribution in [3.63, 3.8) is 0 Å². The van der Waals surface area contributed by atoms with Crippen LogP contribution in [0.5, 0.6) is 0 Å². The summed E-state index contributed by atoms with van der Waals surface area (Å²) in [7, 11) is 0. The fraction of sp³-hybridized carbons (Fsp3) is 0.400. The van der Waals surface area contributed by atoms with Crippen LogP contribution in [0.1, 0.15) is 6.92 Å². The highest BCUT2D eigenvalue weighted by Gasteiger charge is 2.14. The summed E-state index contributed by atoms with van der Waals surface area (Å²) in [5.74, 6) is 0. The number of rotatable bonds is 0. The Kier molecular flexibility index (Phi) is 0.755. The van der Waals surface area contributed by atoms with Crippen LogP contribution in [0.3, 0.4) is 0 Å². The first-order valence-corrected chi connectivity index (χ1v) is 2.15. The first kappa shape index (κ1) is 4.53. The highest BCUT2D eigenvalue weighted by atomic mass is 16.3. The van der Waals surface area contributed by atoms with Crippen molar-refractivity contribution < 1.29 is 5.11 Å². The van der Waals surface area contributed by atoms with Crippen LogP contribution in [0.15, 0.2) is 17.3 Å². The summed E-state index contributed by atoms with van der Waals surface area (Å²) in [6.45, 7) is 1.68. The lowest BCUT2D eigenvalue weighted by Gasteiger charge is -2.04. The molecule has 0 amide bonds. The lowest BCUT2D eigenvalue weighted by Crippen LogP contribution is -2.19. The summed E-state index contributed by atoms with van der Waals surface area (Å²) in [5.41, 5.74) is -0.778. The van der Waals surface area contributed by atoms with Gasteiger partial charge in [0.25, 0.3) is 0 Å². The van der Waals surface area contributed by atoms with Crippen LogP contribution in [0, 0.1) is 0 Å². The Labute approximate surface area is 42.2 Å². The normalized spacial score (nSPS) is 37.4. The molecule has 1 rings (SSSR count). The van der Waals surface area contributed by atoms with Crippen LogP contribution < -0.4 is 0 Å². The molecule has 7 heavy (non-hydrogen) atoms. The quantitative estimate of drug-likeness (QED) is 0.464. The van der Waals surface area contributed by atoms with E-state index < -0.39 is 5.60 Å². The number of hydrogen-bond acceptors (Lipinski definition) is 2. The molecule has 0 aromatic rings. The van der Waals surface area contributed by atoms with Gasteiger partial charge in [-0.05, 0) is 13.0 Å². The molecule has 38 valence electrons. The van der Waals surface area contributed by atoms with E-state index in [0.717, 1.165) is 0 Å². The molecule has 1 unspecified atom stereocenters. The number of nitrogens with zero attached hydrogens (tertiary/aromatic N) is 1. The molecular formula is C5H7NO. The van der Waals surface area contributed by atoms with E-state index in [4.69, 9.17) is 5.11 Å². The minimum atomic E-state index is -0.778. The zero-order valence-corrected chi connectivity index (χ0v) is 4.13. The largest absolute Gasteiger partial charge is 0.380 e. The van der Waals surface area contributed by atoms with Gasteiger partial charge in [-0.15, -0.1) is 0 Å². The molecule has 0 aromatic heterocycles. The van der Waals surface area contributed by atoms with Gasteiger partial charge in [0.05, 0.1) is 0 Å². The average Bonchev–Trinajstić information content (AvgIpc) is 1.84. The maximum atomic E-state index is 8.96. The van der Waals surface area contributed by atoms with E-state index in [1.54, 1.807) is 19.2 Å². The highest BCUT2D eigenvalue weighted by Crippen LogP contribution is 2.06. The average molecular weight is 97.1 g/mol. The van der Waals surface area contributed by atoms with Crippen molar-refractivity contribution in [2.45, 2.75) is 12.5 Å². The van der Waals surface area contributed by atoms with Gasteiger partial charge >= 0.3 is 0 Å². The van der Waals surface area contributed by atoms with Crippen molar-refractivity contribution in [1.29, 1.82) is 0 Å². The third kappa shape index (κ3) is 0.871. The fourth-order valence-corrected chi connectivity index (χ4v) is 0.431. The fourth-order valence-electron chi connectivity index (χ4n) is 0.431. The van der Waals surface area contributed by atoms with E-state index in [1.165, 1.54) is 6.21 Å². The maximum Gasteiger partial charge on any atom is 0.117 e. The summed E-state index contributed by atoms with van der Waals surface area (Å²) in [4.78, 5) is 3.68. The molecule has 0 spiro atoms. The molecule has 1 atom stereocenters. The Morgan fingerprint density at radius 2 is 2.43 bits per heavy atom. The summed E-state index contributed by atoms with van der Waals surface area (Å²) in [6, 6.07) is 0. The third-order valence-electron chi connectivity index (χ3n) is 0.834. The zero-order chi connectivity index (χ0) is 5.33. The first-order chi connectivity index (χ1) is 3.21. The van der Waals surface area contributed by atoms with Crippen molar-refractivity contribution in [1.82, 2.24) is 0 Å². The molecule has 2 heteroatoms. The van der Waals surface area contributed by atoms with Crippen LogP contribution >= 0.6 is 0 Å². The third-order valence-corrected chi connectivity index (χ3v) is 0.834. The Balaban J connectivity index is 2.77. The maximum absolute atomic E-state index is 8.96. The van der Waals surface area contributed by atoms with Crippen LogP contribution in [-0.2, 0) is 0 Å². The topological polar surface area (TPSA) is 32.6 Å². The SMILES string of the molecule is CC1(O)C=CN=C1. The van der Waals surface area contributed by atoms with E-state index in [9.17, 15) is 0 Å². The van der Waals surface area contributed by atoms with Crippen LogP contribution in [0.2, 0.25) is 0 Å².